The van der Waals surface area contributed by atoms with E-state index in [4.69, 9.17) is 9.47 Å². The summed E-state index contributed by atoms with van der Waals surface area (Å²) in [5.74, 6) is 0.0908. The lowest BCUT2D eigenvalue weighted by atomic mass is 10.0. The molecule has 0 aliphatic carbocycles. The fraction of sp³-hybridized carbons (Fsp3) is 0.917. The van der Waals surface area contributed by atoms with E-state index in [1.54, 1.807) is 7.11 Å². The molecule has 2 aliphatic heterocycles. The number of methoxy groups -OCH3 is 1. The van der Waals surface area contributed by atoms with E-state index in [-0.39, 0.29) is 17.6 Å². The van der Waals surface area contributed by atoms with Crippen molar-refractivity contribution >= 4 is 5.91 Å². The van der Waals surface area contributed by atoms with Gasteiger partial charge in [-0.2, -0.15) is 0 Å². The molecule has 2 atom stereocenters. The van der Waals surface area contributed by atoms with Crippen LogP contribution in [0.1, 0.15) is 25.7 Å². The smallest absolute Gasteiger partial charge is 0.237 e. The molecule has 5 heteroatoms. The van der Waals surface area contributed by atoms with Crippen LogP contribution < -0.4 is 10.6 Å². The van der Waals surface area contributed by atoms with Crippen molar-refractivity contribution < 1.29 is 14.3 Å². The molecule has 0 aromatic carbocycles. The summed E-state index contributed by atoms with van der Waals surface area (Å²) in [6.45, 7) is 2.77. The van der Waals surface area contributed by atoms with E-state index < -0.39 is 0 Å². The van der Waals surface area contributed by atoms with Crippen LogP contribution in [0.25, 0.3) is 0 Å². The van der Waals surface area contributed by atoms with E-state index in [2.05, 4.69) is 10.6 Å². The molecule has 98 valence electrons. The Morgan fingerprint density at radius 3 is 3.06 bits per heavy atom. The molecular weight excluding hydrogens is 220 g/mol. The van der Waals surface area contributed by atoms with Crippen molar-refractivity contribution in [1.82, 2.24) is 10.6 Å². The highest BCUT2D eigenvalue weighted by Gasteiger charge is 2.35. The normalized spacial score (nSPS) is 33.6. The number of ether oxygens (including phenoxy) is 2. The second-order valence-corrected chi connectivity index (χ2v) is 4.91. The molecule has 0 spiro atoms. The SMILES string of the molecule is COC1(CNC(=O)[C@@H]2CCCCN2)CCOC1. The predicted molar refractivity (Wildman–Crippen MR) is 63.8 cm³/mol. The van der Waals surface area contributed by atoms with Gasteiger partial charge in [-0.3, -0.25) is 4.79 Å². The molecule has 2 heterocycles. The highest BCUT2D eigenvalue weighted by molar-refractivity contribution is 5.81. The first-order valence-electron chi connectivity index (χ1n) is 6.40. The monoisotopic (exact) mass is 242 g/mol. The van der Waals surface area contributed by atoms with Crippen LogP contribution in [0.3, 0.4) is 0 Å². The number of carbonyl (C=O) groups excluding carboxylic acids is 1. The van der Waals surface area contributed by atoms with Crippen LogP contribution in [0.2, 0.25) is 0 Å². The molecule has 2 rings (SSSR count). The second-order valence-electron chi connectivity index (χ2n) is 4.91. The number of hydrogen-bond donors (Lipinski definition) is 2. The lowest BCUT2D eigenvalue weighted by Crippen LogP contribution is -2.51. The Morgan fingerprint density at radius 1 is 1.59 bits per heavy atom. The molecule has 2 fully saturated rings. The minimum absolute atomic E-state index is 0.0278. The Morgan fingerprint density at radius 2 is 2.47 bits per heavy atom. The van der Waals surface area contributed by atoms with Gasteiger partial charge in [0.25, 0.3) is 0 Å². The van der Waals surface area contributed by atoms with Gasteiger partial charge >= 0.3 is 0 Å². The Kier molecular flexibility index (Phi) is 4.36. The number of carbonyl (C=O) groups is 1. The molecular formula is C12H22N2O3. The van der Waals surface area contributed by atoms with Gasteiger partial charge in [0.1, 0.15) is 5.60 Å². The van der Waals surface area contributed by atoms with Gasteiger partial charge in [0, 0.05) is 26.7 Å². The molecule has 0 bridgehead atoms. The molecule has 1 unspecified atom stereocenters. The van der Waals surface area contributed by atoms with Crippen LogP contribution in [-0.4, -0.2) is 51.0 Å². The zero-order chi connectivity index (χ0) is 12.1. The molecule has 0 aromatic rings. The summed E-state index contributed by atoms with van der Waals surface area (Å²) in [5.41, 5.74) is -0.315. The lowest BCUT2D eigenvalue weighted by molar-refractivity contribution is -0.125. The van der Waals surface area contributed by atoms with Gasteiger partial charge in [-0.05, 0) is 19.4 Å². The van der Waals surface area contributed by atoms with Crippen molar-refractivity contribution in [1.29, 1.82) is 0 Å². The van der Waals surface area contributed by atoms with Crippen LogP contribution in [0, 0.1) is 0 Å². The van der Waals surface area contributed by atoms with Crippen LogP contribution in [0.5, 0.6) is 0 Å². The van der Waals surface area contributed by atoms with Gasteiger partial charge < -0.3 is 20.1 Å². The summed E-state index contributed by atoms with van der Waals surface area (Å²) < 4.78 is 10.8. The molecule has 2 saturated heterocycles. The summed E-state index contributed by atoms with van der Waals surface area (Å²) in [7, 11) is 1.68. The van der Waals surface area contributed by atoms with E-state index >= 15 is 0 Å². The summed E-state index contributed by atoms with van der Waals surface area (Å²) >= 11 is 0. The van der Waals surface area contributed by atoms with Gasteiger partial charge in [0.2, 0.25) is 5.91 Å². The van der Waals surface area contributed by atoms with Crippen molar-refractivity contribution in [3.63, 3.8) is 0 Å². The fourth-order valence-corrected chi connectivity index (χ4v) is 2.41. The average molecular weight is 242 g/mol. The van der Waals surface area contributed by atoms with Gasteiger partial charge in [0.15, 0.2) is 0 Å². The average Bonchev–Trinajstić information content (AvgIpc) is 2.86. The van der Waals surface area contributed by atoms with Crippen LogP contribution >= 0.6 is 0 Å². The fourth-order valence-electron chi connectivity index (χ4n) is 2.41. The van der Waals surface area contributed by atoms with Crippen LogP contribution in [0.15, 0.2) is 0 Å². The van der Waals surface area contributed by atoms with E-state index in [0.717, 1.165) is 25.8 Å². The minimum atomic E-state index is -0.315. The van der Waals surface area contributed by atoms with Gasteiger partial charge in [-0.15, -0.1) is 0 Å². The van der Waals surface area contributed by atoms with Gasteiger partial charge in [0.05, 0.1) is 12.6 Å². The molecule has 2 aliphatic rings. The maximum absolute atomic E-state index is 11.9. The Labute approximate surface area is 102 Å². The number of piperidine rings is 1. The first-order valence-corrected chi connectivity index (χ1v) is 6.40. The first kappa shape index (κ1) is 12.8. The van der Waals surface area contributed by atoms with Crippen molar-refractivity contribution in [3.05, 3.63) is 0 Å². The maximum atomic E-state index is 11.9. The highest BCUT2D eigenvalue weighted by atomic mass is 16.5. The quantitative estimate of drug-likeness (QED) is 0.731. The Bertz CT molecular complexity index is 258. The molecule has 5 nitrogen and oxygen atoms in total. The molecule has 1 amide bonds. The third kappa shape index (κ3) is 3.18. The highest BCUT2D eigenvalue weighted by Crippen LogP contribution is 2.21. The van der Waals surface area contributed by atoms with Crippen LogP contribution in [-0.2, 0) is 14.3 Å². The van der Waals surface area contributed by atoms with Crippen molar-refractivity contribution in [3.8, 4) is 0 Å². The zero-order valence-electron chi connectivity index (χ0n) is 10.5. The molecule has 0 aromatic heterocycles. The van der Waals surface area contributed by atoms with Crippen molar-refractivity contribution in [2.45, 2.75) is 37.3 Å². The van der Waals surface area contributed by atoms with Crippen molar-refractivity contribution in [2.75, 3.05) is 33.4 Å². The molecule has 17 heavy (non-hydrogen) atoms. The molecule has 0 saturated carbocycles. The van der Waals surface area contributed by atoms with E-state index in [9.17, 15) is 4.79 Å². The van der Waals surface area contributed by atoms with Gasteiger partial charge in [-0.25, -0.2) is 0 Å². The predicted octanol–water partition coefficient (Wildman–Crippen LogP) is 0.0502. The number of amides is 1. The first-order chi connectivity index (χ1) is 8.26. The summed E-state index contributed by atoms with van der Waals surface area (Å²) in [5, 5.41) is 6.22. The summed E-state index contributed by atoms with van der Waals surface area (Å²) in [4.78, 5) is 11.9. The third-order valence-electron chi connectivity index (χ3n) is 3.71. The lowest BCUT2D eigenvalue weighted by Gasteiger charge is -2.28. The third-order valence-corrected chi connectivity index (χ3v) is 3.71. The second kappa shape index (κ2) is 5.80. The summed E-state index contributed by atoms with van der Waals surface area (Å²) in [6, 6.07) is -0.0278. The minimum Gasteiger partial charge on any atom is -0.378 e. The van der Waals surface area contributed by atoms with Crippen molar-refractivity contribution in [2.24, 2.45) is 0 Å². The van der Waals surface area contributed by atoms with E-state index in [0.29, 0.717) is 19.8 Å². The standard InChI is InChI=1S/C12H22N2O3/c1-16-12(5-7-17-9-12)8-14-11(15)10-4-2-3-6-13-10/h10,13H,2-9H2,1H3,(H,14,15)/t10-,12?/m0/s1. The Hall–Kier alpha value is -0.650. The summed E-state index contributed by atoms with van der Waals surface area (Å²) in [6.07, 6.45) is 4.08. The number of nitrogens with one attached hydrogen (secondary N) is 2. The van der Waals surface area contributed by atoms with E-state index in [1.807, 2.05) is 0 Å². The number of hydrogen-bond acceptors (Lipinski definition) is 4. The van der Waals surface area contributed by atoms with Gasteiger partial charge in [-0.1, -0.05) is 6.42 Å². The zero-order valence-corrected chi connectivity index (χ0v) is 10.5. The van der Waals surface area contributed by atoms with E-state index in [1.165, 1.54) is 6.42 Å². The molecule has 2 N–H and O–H groups in total. The Balaban J connectivity index is 1.78. The maximum Gasteiger partial charge on any atom is 0.237 e. The largest absolute Gasteiger partial charge is 0.378 e. The number of rotatable bonds is 4. The van der Waals surface area contributed by atoms with Crippen LogP contribution in [0.4, 0.5) is 0 Å². The topological polar surface area (TPSA) is 59.6 Å². The molecule has 0 radical (unpaired) electrons.